The highest BCUT2D eigenvalue weighted by atomic mass is 32.2. The molecule has 0 aliphatic heterocycles. The summed E-state index contributed by atoms with van der Waals surface area (Å²) in [6, 6.07) is 5.64. The fourth-order valence-electron chi connectivity index (χ4n) is 1.33. The minimum atomic E-state index is -3.86. The van der Waals surface area contributed by atoms with Crippen molar-refractivity contribution in [3.63, 3.8) is 0 Å². The van der Waals surface area contributed by atoms with Crippen LogP contribution in [0.4, 0.5) is 0 Å². The van der Waals surface area contributed by atoms with Gasteiger partial charge in [-0.1, -0.05) is 13.0 Å². The van der Waals surface area contributed by atoms with Crippen LogP contribution in [0.25, 0.3) is 0 Å². The molecular weight excluding hydrogens is 202 g/mol. The molecule has 0 amide bonds. The Hall–Kier alpha value is -0.940. The molecule has 5 heteroatoms. The van der Waals surface area contributed by atoms with Crippen LogP contribution in [-0.4, -0.2) is 18.7 Å². The second-order valence-corrected chi connectivity index (χ2v) is 4.92. The second kappa shape index (κ2) is 4.52. The summed E-state index contributed by atoms with van der Waals surface area (Å²) >= 11 is 0. The van der Waals surface area contributed by atoms with Gasteiger partial charge in [-0.05, 0) is 0 Å². The van der Waals surface area contributed by atoms with Crippen LogP contribution >= 0.6 is 0 Å². The highest BCUT2D eigenvalue weighted by Crippen LogP contribution is 1.99. The Balaban J connectivity index is 2.54. The molecule has 0 spiro atoms. The third kappa shape index (κ3) is 4.34. The quantitative estimate of drug-likeness (QED) is 0.589. The topological polar surface area (TPSA) is 58.2 Å². The lowest BCUT2D eigenvalue weighted by Crippen LogP contribution is -2.37. The SMILES string of the molecule is CC(C[n+]1ccccc1)CS(=O)(=O)O. The third-order valence-corrected chi connectivity index (χ3v) is 2.79. The van der Waals surface area contributed by atoms with Crippen LogP contribution in [0.2, 0.25) is 0 Å². The van der Waals surface area contributed by atoms with Crippen molar-refractivity contribution in [2.24, 2.45) is 5.92 Å². The standard InChI is InChI=1S/C9H13NO3S/c1-9(8-14(11,12)13)7-10-5-3-2-4-6-10/h2-6,9H,7-8H2,1H3/p+1. The first kappa shape index (κ1) is 11.1. The average Bonchev–Trinajstić information content (AvgIpc) is 2.02. The lowest BCUT2D eigenvalue weighted by atomic mass is 10.2. The number of hydrogen-bond donors (Lipinski definition) is 1. The maximum atomic E-state index is 10.6. The molecule has 1 N–H and O–H groups in total. The lowest BCUT2D eigenvalue weighted by molar-refractivity contribution is -0.702. The van der Waals surface area contributed by atoms with E-state index in [-0.39, 0.29) is 11.7 Å². The molecule has 0 fully saturated rings. The van der Waals surface area contributed by atoms with Crippen LogP contribution in [0.3, 0.4) is 0 Å². The molecule has 1 aromatic heterocycles. The minimum absolute atomic E-state index is 0.0996. The van der Waals surface area contributed by atoms with Crippen LogP contribution in [0.5, 0.6) is 0 Å². The van der Waals surface area contributed by atoms with Gasteiger partial charge in [-0.2, -0.15) is 8.42 Å². The van der Waals surface area contributed by atoms with Crippen molar-refractivity contribution in [1.29, 1.82) is 0 Å². The molecule has 0 radical (unpaired) electrons. The molecule has 0 aliphatic carbocycles. The maximum Gasteiger partial charge on any atom is 0.265 e. The van der Waals surface area contributed by atoms with Gasteiger partial charge < -0.3 is 0 Å². The molecule has 0 saturated carbocycles. The van der Waals surface area contributed by atoms with Gasteiger partial charge in [0.2, 0.25) is 0 Å². The van der Waals surface area contributed by atoms with Gasteiger partial charge in [0.05, 0.1) is 5.75 Å². The Morgan fingerprint density at radius 2 is 1.86 bits per heavy atom. The fraction of sp³-hybridized carbons (Fsp3) is 0.444. The van der Waals surface area contributed by atoms with Gasteiger partial charge in [0.15, 0.2) is 18.9 Å². The maximum absolute atomic E-state index is 10.6. The molecule has 0 bridgehead atoms. The smallest absolute Gasteiger partial charge is 0.265 e. The zero-order chi connectivity index (χ0) is 10.6. The molecule has 78 valence electrons. The number of aromatic nitrogens is 1. The molecule has 4 nitrogen and oxygen atoms in total. The summed E-state index contributed by atoms with van der Waals surface area (Å²) in [7, 11) is -3.86. The molecule has 1 rings (SSSR count). The monoisotopic (exact) mass is 216 g/mol. The zero-order valence-corrected chi connectivity index (χ0v) is 8.81. The van der Waals surface area contributed by atoms with Crippen molar-refractivity contribution in [1.82, 2.24) is 0 Å². The molecule has 1 unspecified atom stereocenters. The van der Waals surface area contributed by atoms with E-state index in [0.29, 0.717) is 6.54 Å². The van der Waals surface area contributed by atoms with Gasteiger partial charge in [0, 0.05) is 18.1 Å². The van der Waals surface area contributed by atoms with E-state index in [0.717, 1.165) is 0 Å². The van der Waals surface area contributed by atoms with E-state index in [4.69, 9.17) is 4.55 Å². The summed E-state index contributed by atoms with van der Waals surface area (Å²) in [5, 5.41) is 0. The van der Waals surface area contributed by atoms with E-state index in [2.05, 4.69) is 0 Å². The van der Waals surface area contributed by atoms with Gasteiger partial charge in [-0.15, -0.1) is 0 Å². The van der Waals surface area contributed by atoms with Gasteiger partial charge >= 0.3 is 0 Å². The molecule has 0 aliphatic rings. The first-order valence-electron chi connectivity index (χ1n) is 4.36. The first-order chi connectivity index (χ1) is 6.47. The van der Waals surface area contributed by atoms with Crippen molar-refractivity contribution < 1.29 is 17.5 Å². The van der Waals surface area contributed by atoms with E-state index in [1.165, 1.54) is 0 Å². The molecule has 1 aromatic rings. The summed E-state index contributed by atoms with van der Waals surface area (Å²) in [5.41, 5.74) is 0. The van der Waals surface area contributed by atoms with E-state index in [9.17, 15) is 8.42 Å². The highest BCUT2D eigenvalue weighted by Gasteiger charge is 2.15. The number of hydrogen-bond acceptors (Lipinski definition) is 2. The Morgan fingerprint density at radius 1 is 1.29 bits per heavy atom. The van der Waals surface area contributed by atoms with Gasteiger partial charge in [0.1, 0.15) is 0 Å². The summed E-state index contributed by atoms with van der Waals surface area (Å²) < 4.78 is 31.7. The van der Waals surface area contributed by atoms with Crippen LogP contribution in [0.15, 0.2) is 30.6 Å². The van der Waals surface area contributed by atoms with E-state index in [1.54, 1.807) is 6.92 Å². The fourth-order valence-corrected chi connectivity index (χ4v) is 2.15. The van der Waals surface area contributed by atoms with Crippen molar-refractivity contribution in [2.75, 3.05) is 5.75 Å². The largest absolute Gasteiger partial charge is 0.286 e. The second-order valence-electron chi connectivity index (χ2n) is 3.43. The van der Waals surface area contributed by atoms with Gasteiger partial charge in [-0.25, -0.2) is 4.57 Å². The molecule has 14 heavy (non-hydrogen) atoms. The number of rotatable bonds is 4. The van der Waals surface area contributed by atoms with Crippen LogP contribution in [-0.2, 0) is 16.7 Å². The van der Waals surface area contributed by atoms with Crippen LogP contribution < -0.4 is 4.57 Å². The summed E-state index contributed by atoms with van der Waals surface area (Å²) in [6.45, 7) is 2.37. The first-order valence-corrected chi connectivity index (χ1v) is 5.97. The Morgan fingerprint density at radius 3 is 2.36 bits per heavy atom. The normalized spacial score (nSPS) is 13.9. The lowest BCUT2D eigenvalue weighted by Gasteiger charge is -2.04. The van der Waals surface area contributed by atoms with Gasteiger partial charge in [-0.3, -0.25) is 4.55 Å². The van der Waals surface area contributed by atoms with Crippen LogP contribution in [0, 0.1) is 5.92 Å². The highest BCUT2D eigenvalue weighted by molar-refractivity contribution is 7.85. The predicted octanol–water partition coefficient (Wildman–Crippen LogP) is 0.498. The van der Waals surface area contributed by atoms with Crippen molar-refractivity contribution in [3.8, 4) is 0 Å². The van der Waals surface area contributed by atoms with Crippen molar-refractivity contribution >= 4 is 10.1 Å². The van der Waals surface area contributed by atoms with E-state index in [1.807, 2.05) is 35.2 Å². The Kier molecular flexibility index (Phi) is 3.60. The summed E-state index contributed by atoms with van der Waals surface area (Å²) in [6.07, 6.45) is 3.72. The molecule has 1 atom stereocenters. The molecular formula is C9H14NO3S+. The third-order valence-electron chi connectivity index (χ3n) is 1.79. The van der Waals surface area contributed by atoms with Crippen LogP contribution in [0.1, 0.15) is 6.92 Å². The summed E-state index contributed by atoms with van der Waals surface area (Å²) in [4.78, 5) is 0. The molecule has 0 aromatic carbocycles. The number of pyridine rings is 1. The minimum Gasteiger partial charge on any atom is -0.286 e. The van der Waals surface area contributed by atoms with E-state index >= 15 is 0 Å². The Labute approximate surface area is 83.9 Å². The zero-order valence-electron chi connectivity index (χ0n) is 8.00. The van der Waals surface area contributed by atoms with Crippen molar-refractivity contribution in [3.05, 3.63) is 30.6 Å². The average molecular weight is 216 g/mol. The Bertz CT molecular complexity index is 374. The summed E-state index contributed by atoms with van der Waals surface area (Å²) in [5.74, 6) is -0.299. The molecule has 0 saturated heterocycles. The number of nitrogens with zero attached hydrogens (tertiary/aromatic N) is 1. The predicted molar refractivity (Wildman–Crippen MR) is 52.2 cm³/mol. The van der Waals surface area contributed by atoms with Crippen molar-refractivity contribution in [2.45, 2.75) is 13.5 Å². The van der Waals surface area contributed by atoms with Gasteiger partial charge in [0.25, 0.3) is 10.1 Å². The van der Waals surface area contributed by atoms with E-state index < -0.39 is 10.1 Å². The molecule has 1 heterocycles.